The molecule has 2 aromatic rings. The normalized spacial score (nSPS) is 11.2. The zero-order valence-corrected chi connectivity index (χ0v) is 10.0. The van der Waals surface area contributed by atoms with Crippen molar-refractivity contribution in [1.29, 1.82) is 0 Å². The second-order valence-corrected chi connectivity index (χ2v) is 4.73. The van der Waals surface area contributed by atoms with Gasteiger partial charge in [-0.3, -0.25) is 0 Å². The van der Waals surface area contributed by atoms with Crippen LogP contribution < -0.4 is 0 Å². The summed E-state index contributed by atoms with van der Waals surface area (Å²) in [4.78, 5) is 3.84. The molecule has 0 radical (unpaired) electrons. The van der Waals surface area contributed by atoms with Crippen molar-refractivity contribution in [1.82, 2.24) is 25.0 Å². The smallest absolute Gasteiger partial charge is 0.276 e. The topological polar surface area (TPSA) is 69.6 Å². The van der Waals surface area contributed by atoms with Gasteiger partial charge in [-0.15, -0.1) is 10.2 Å². The van der Waals surface area contributed by atoms with E-state index in [0.29, 0.717) is 23.6 Å². The van der Waals surface area contributed by atoms with Crippen LogP contribution in [0.1, 0.15) is 19.7 Å². The van der Waals surface area contributed by atoms with Crippen molar-refractivity contribution in [3.63, 3.8) is 0 Å². The maximum atomic E-state index is 5.46. The van der Waals surface area contributed by atoms with Gasteiger partial charge in [-0.05, 0) is 5.92 Å². The highest BCUT2D eigenvalue weighted by Crippen LogP contribution is 2.18. The number of thioether (sulfide) groups is 1. The van der Waals surface area contributed by atoms with Crippen molar-refractivity contribution in [2.75, 3.05) is 5.75 Å². The fourth-order valence-corrected chi connectivity index (χ4v) is 1.78. The highest BCUT2D eigenvalue weighted by atomic mass is 32.2. The van der Waals surface area contributed by atoms with Crippen LogP contribution in [0.2, 0.25) is 0 Å². The molecule has 0 aromatic carbocycles. The van der Waals surface area contributed by atoms with Gasteiger partial charge in [0.25, 0.3) is 5.22 Å². The summed E-state index contributed by atoms with van der Waals surface area (Å²) in [6, 6.07) is 0. The second-order valence-electron chi connectivity index (χ2n) is 3.76. The second kappa shape index (κ2) is 5.11. The molecular formula is C9H13N5OS. The summed E-state index contributed by atoms with van der Waals surface area (Å²) < 4.78 is 7.10. The Morgan fingerprint density at radius 1 is 1.44 bits per heavy atom. The van der Waals surface area contributed by atoms with Crippen molar-refractivity contribution < 1.29 is 4.42 Å². The van der Waals surface area contributed by atoms with Gasteiger partial charge in [-0.2, -0.15) is 5.10 Å². The van der Waals surface area contributed by atoms with E-state index in [1.165, 1.54) is 6.33 Å². The Labute approximate surface area is 97.5 Å². The lowest BCUT2D eigenvalue weighted by atomic mass is 10.3. The van der Waals surface area contributed by atoms with Gasteiger partial charge in [0.15, 0.2) is 0 Å². The Morgan fingerprint density at radius 2 is 2.31 bits per heavy atom. The van der Waals surface area contributed by atoms with E-state index in [-0.39, 0.29) is 0 Å². The SMILES string of the molecule is CC(C)CSc1nnc(Cn2cncn2)o1. The fourth-order valence-electron chi connectivity index (χ4n) is 1.05. The third-order valence-electron chi connectivity index (χ3n) is 1.75. The summed E-state index contributed by atoms with van der Waals surface area (Å²) in [5.74, 6) is 2.14. The molecule has 0 saturated carbocycles. The third kappa shape index (κ3) is 3.06. The fraction of sp³-hybridized carbons (Fsp3) is 0.556. The maximum absolute atomic E-state index is 5.46. The molecule has 0 N–H and O–H groups in total. The molecule has 0 amide bonds. The van der Waals surface area contributed by atoms with Crippen LogP contribution in [0.4, 0.5) is 0 Å². The molecule has 2 rings (SSSR count). The van der Waals surface area contributed by atoms with Crippen LogP contribution >= 0.6 is 11.8 Å². The lowest BCUT2D eigenvalue weighted by Crippen LogP contribution is -1.99. The Kier molecular flexibility index (Phi) is 3.55. The van der Waals surface area contributed by atoms with Crippen LogP contribution in [0.5, 0.6) is 0 Å². The molecule has 7 heteroatoms. The summed E-state index contributed by atoms with van der Waals surface area (Å²) in [6.45, 7) is 4.77. The van der Waals surface area contributed by atoms with Crippen molar-refractivity contribution in [2.24, 2.45) is 5.92 Å². The van der Waals surface area contributed by atoms with E-state index in [0.717, 1.165) is 5.75 Å². The minimum absolute atomic E-state index is 0.467. The molecule has 0 fully saturated rings. The first-order valence-corrected chi connectivity index (χ1v) is 6.00. The summed E-state index contributed by atoms with van der Waals surface area (Å²) in [5, 5.41) is 12.5. The molecule has 0 aliphatic rings. The molecule has 0 unspecified atom stereocenters. The van der Waals surface area contributed by atoms with E-state index >= 15 is 0 Å². The highest BCUT2D eigenvalue weighted by Gasteiger charge is 2.08. The zero-order chi connectivity index (χ0) is 11.4. The predicted octanol–water partition coefficient (Wildman–Crippen LogP) is 1.46. The molecule has 6 nitrogen and oxygen atoms in total. The van der Waals surface area contributed by atoms with E-state index < -0.39 is 0 Å². The van der Waals surface area contributed by atoms with Gasteiger partial charge in [0.05, 0.1) is 0 Å². The molecule has 0 atom stereocenters. The van der Waals surface area contributed by atoms with Crippen LogP contribution in [0.25, 0.3) is 0 Å². The van der Waals surface area contributed by atoms with E-state index in [9.17, 15) is 0 Å². The van der Waals surface area contributed by atoms with E-state index in [1.807, 2.05) is 0 Å². The first-order chi connectivity index (χ1) is 7.74. The standard InChI is InChI=1S/C9H13N5OS/c1-7(2)4-16-9-13-12-8(15-9)3-14-6-10-5-11-14/h5-7H,3-4H2,1-2H3. The minimum atomic E-state index is 0.467. The van der Waals surface area contributed by atoms with Crippen LogP contribution in [0, 0.1) is 5.92 Å². The number of aromatic nitrogens is 5. The number of hydrogen-bond acceptors (Lipinski definition) is 6. The third-order valence-corrected chi connectivity index (χ3v) is 3.00. The quantitative estimate of drug-likeness (QED) is 0.736. The number of hydrogen-bond donors (Lipinski definition) is 0. The summed E-state index contributed by atoms with van der Waals surface area (Å²) in [7, 11) is 0. The number of nitrogens with zero attached hydrogens (tertiary/aromatic N) is 5. The van der Waals surface area contributed by atoms with Gasteiger partial charge in [-0.1, -0.05) is 25.6 Å². The average Bonchev–Trinajstić information content (AvgIpc) is 2.87. The highest BCUT2D eigenvalue weighted by molar-refractivity contribution is 7.99. The van der Waals surface area contributed by atoms with Crippen LogP contribution in [0.3, 0.4) is 0 Å². The Balaban J connectivity index is 1.92. The van der Waals surface area contributed by atoms with Gasteiger partial charge in [-0.25, -0.2) is 9.67 Å². The first-order valence-electron chi connectivity index (χ1n) is 5.01. The predicted molar refractivity (Wildman–Crippen MR) is 59.0 cm³/mol. The molecule has 16 heavy (non-hydrogen) atoms. The zero-order valence-electron chi connectivity index (χ0n) is 9.20. The molecule has 0 bridgehead atoms. The van der Waals surface area contributed by atoms with Gasteiger partial charge in [0.1, 0.15) is 19.2 Å². The van der Waals surface area contributed by atoms with Gasteiger partial charge in [0.2, 0.25) is 5.89 Å². The largest absolute Gasteiger partial charge is 0.414 e. The van der Waals surface area contributed by atoms with Crippen LogP contribution in [0.15, 0.2) is 22.3 Å². The van der Waals surface area contributed by atoms with Crippen LogP contribution in [-0.4, -0.2) is 30.7 Å². The van der Waals surface area contributed by atoms with E-state index in [1.54, 1.807) is 22.8 Å². The maximum Gasteiger partial charge on any atom is 0.276 e. The molecule has 0 aliphatic carbocycles. The molecular weight excluding hydrogens is 226 g/mol. The molecule has 0 saturated heterocycles. The van der Waals surface area contributed by atoms with Crippen molar-refractivity contribution >= 4 is 11.8 Å². The summed E-state index contributed by atoms with van der Waals surface area (Å²) in [6.07, 6.45) is 3.09. The molecule has 0 spiro atoms. The Bertz CT molecular complexity index is 425. The first kappa shape index (κ1) is 11.1. The lowest BCUT2D eigenvalue weighted by Gasteiger charge is -1.98. The van der Waals surface area contributed by atoms with E-state index in [2.05, 4.69) is 34.1 Å². The molecule has 86 valence electrons. The lowest BCUT2D eigenvalue weighted by molar-refractivity contribution is 0.397. The van der Waals surface area contributed by atoms with Gasteiger partial charge < -0.3 is 4.42 Å². The van der Waals surface area contributed by atoms with Gasteiger partial charge >= 0.3 is 0 Å². The Morgan fingerprint density at radius 3 is 3.00 bits per heavy atom. The number of rotatable bonds is 5. The van der Waals surface area contributed by atoms with Crippen molar-refractivity contribution in [2.45, 2.75) is 25.6 Å². The summed E-state index contributed by atoms with van der Waals surface area (Å²) in [5.41, 5.74) is 0. The van der Waals surface area contributed by atoms with Crippen molar-refractivity contribution in [3.05, 3.63) is 18.5 Å². The van der Waals surface area contributed by atoms with E-state index in [4.69, 9.17) is 4.42 Å². The average molecular weight is 239 g/mol. The summed E-state index contributed by atoms with van der Waals surface area (Å²) >= 11 is 1.58. The minimum Gasteiger partial charge on any atom is -0.414 e. The Hall–Kier alpha value is -1.37. The monoisotopic (exact) mass is 239 g/mol. The molecule has 2 heterocycles. The molecule has 2 aromatic heterocycles. The van der Waals surface area contributed by atoms with Gasteiger partial charge in [0, 0.05) is 5.75 Å². The van der Waals surface area contributed by atoms with Crippen molar-refractivity contribution in [3.8, 4) is 0 Å². The molecule has 0 aliphatic heterocycles. The van der Waals surface area contributed by atoms with Crippen LogP contribution in [-0.2, 0) is 6.54 Å².